The second-order valence-electron chi connectivity index (χ2n) is 7.74. The van der Waals surface area contributed by atoms with E-state index in [1.165, 1.54) is 7.05 Å². The summed E-state index contributed by atoms with van der Waals surface area (Å²) in [5.41, 5.74) is 4.47. The van der Waals surface area contributed by atoms with Gasteiger partial charge in [-0.25, -0.2) is 23.1 Å². The van der Waals surface area contributed by atoms with Crippen molar-refractivity contribution in [3.05, 3.63) is 60.0 Å². The number of hydrogen-bond acceptors (Lipinski definition) is 7. The third-order valence-electron chi connectivity index (χ3n) is 5.72. The maximum Gasteiger partial charge on any atom is 0.240 e. The van der Waals surface area contributed by atoms with E-state index in [-0.39, 0.29) is 10.3 Å². The number of hydrogen-bond donors (Lipinski definition) is 1. The van der Waals surface area contributed by atoms with E-state index in [4.69, 9.17) is 4.74 Å². The lowest BCUT2D eigenvalue weighted by atomic mass is 9.81. The van der Waals surface area contributed by atoms with Crippen LogP contribution in [-0.2, 0) is 20.2 Å². The number of sulfonamides is 1. The lowest BCUT2D eigenvalue weighted by molar-refractivity contribution is -0.0507. The minimum Gasteiger partial charge on any atom is -0.379 e. The molecule has 1 aromatic carbocycles. The minimum atomic E-state index is -3.56. The molecule has 2 aromatic heterocycles. The zero-order chi connectivity index (χ0) is 20.9. The lowest BCUT2D eigenvalue weighted by Gasteiger charge is -2.38. The van der Waals surface area contributed by atoms with Crippen LogP contribution in [0.5, 0.6) is 0 Å². The van der Waals surface area contributed by atoms with Gasteiger partial charge in [0, 0.05) is 36.4 Å². The summed E-state index contributed by atoms with van der Waals surface area (Å²) in [6, 6.07) is 9.14. The van der Waals surface area contributed by atoms with Crippen molar-refractivity contribution in [2.24, 2.45) is 0 Å². The molecule has 1 spiro atoms. The molecule has 0 radical (unpaired) electrons. The Morgan fingerprint density at radius 1 is 1.10 bits per heavy atom. The van der Waals surface area contributed by atoms with Crippen LogP contribution in [0.3, 0.4) is 0 Å². The summed E-state index contributed by atoms with van der Waals surface area (Å²) in [4.78, 5) is 15.7. The number of aryl methyl sites for hydroxylation is 1. The molecule has 0 amide bonds. The number of rotatable bonds is 4. The molecule has 154 valence electrons. The summed E-state index contributed by atoms with van der Waals surface area (Å²) in [6.07, 6.45) is 5.26. The van der Waals surface area contributed by atoms with E-state index in [1.807, 2.05) is 30.0 Å². The van der Waals surface area contributed by atoms with Gasteiger partial charge in [-0.1, -0.05) is 6.07 Å². The molecular weight excluding hydrogens is 402 g/mol. The monoisotopic (exact) mass is 423 g/mol. The van der Waals surface area contributed by atoms with Crippen LogP contribution in [0.15, 0.2) is 53.8 Å². The van der Waals surface area contributed by atoms with Crippen LogP contribution in [0.4, 0.5) is 11.6 Å². The zero-order valence-electron chi connectivity index (χ0n) is 16.7. The second kappa shape index (κ2) is 6.83. The van der Waals surface area contributed by atoms with Gasteiger partial charge >= 0.3 is 0 Å². The van der Waals surface area contributed by atoms with Crippen molar-refractivity contribution in [1.82, 2.24) is 19.7 Å². The molecule has 1 saturated heterocycles. The van der Waals surface area contributed by atoms with Gasteiger partial charge in [0.25, 0.3) is 0 Å². The molecule has 0 aliphatic carbocycles. The average Bonchev–Trinajstić information content (AvgIpc) is 3.09. The molecule has 2 aliphatic heterocycles. The molecule has 1 N–H and O–H groups in total. The highest BCUT2D eigenvalue weighted by Gasteiger charge is 2.49. The highest BCUT2D eigenvalue weighted by molar-refractivity contribution is 7.89. The van der Waals surface area contributed by atoms with Crippen LogP contribution in [0.1, 0.15) is 11.1 Å². The average molecular weight is 423 g/mol. The summed E-state index contributed by atoms with van der Waals surface area (Å²) in [5, 5.41) is 0. The highest BCUT2D eigenvalue weighted by atomic mass is 32.2. The van der Waals surface area contributed by atoms with Crippen LogP contribution in [0, 0.1) is 6.92 Å². The first-order chi connectivity index (χ1) is 14.4. The standard InChI is InChI=1S/C21H21N5O3S/c1-14-5-6-23-18(7-14)15-9-24-20(25-10-15)26-11-21(12-29-13-21)17-4-3-16(8-19(17)26)30(27,28)22-2/h3-10,22H,11-13H2,1-2H3. The Morgan fingerprint density at radius 3 is 2.50 bits per heavy atom. The Kier molecular flexibility index (Phi) is 4.35. The fourth-order valence-corrected chi connectivity index (χ4v) is 4.75. The Balaban J connectivity index is 1.55. The lowest BCUT2D eigenvalue weighted by Crippen LogP contribution is -2.49. The van der Waals surface area contributed by atoms with E-state index < -0.39 is 10.0 Å². The first-order valence-corrected chi connectivity index (χ1v) is 11.1. The molecule has 3 aromatic rings. The van der Waals surface area contributed by atoms with Gasteiger partial charge < -0.3 is 9.64 Å². The Hall–Kier alpha value is -2.88. The van der Waals surface area contributed by atoms with Gasteiger partial charge in [-0.15, -0.1) is 0 Å². The van der Waals surface area contributed by atoms with Gasteiger partial charge in [-0.05, 0) is 49.4 Å². The topological polar surface area (TPSA) is 97.3 Å². The van der Waals surface area contributed by atoms with E-state index in [0.717, 1.165) is 28.1 Å². The predicted octanol–water partition coefficient (Wildman–Crippen LogP) is 2.17. The molecule has 0 saturated carbocycles. The third kappa shape index (κ3) is 2.97. The van der Waals surface area contributed by atoms with E-state index in [0.29, 0.717) is 25.7 Å². The molecule has 5 rings (SSSR count). The summed E-state index contributed by atoms with van der Waals surface area (Å²) in [7, 11) is -2.15. The van der Waals surface area contributed by atoms with Crippen molar-refractivity contribution in [3.63, 3.8) is 0 Å². The summed E-state index contributed by atoms with van der Waals surface area (Å²) >= 11 is 0. The van der Waals surface area contributed by atoms with Crippen LogP contribution < -0.4 is 9.62 Å². The van der Waals surface area contributed by atoms with Gasteiger partial charge in [0.15, 0.2) is 0 Å². The van der Waals surface area contributed by atoms with Gasteiger partial charge in [-0.2, -0.15) is 0 Å². The highest BCUT2D eigenvalue weighted by Crippen LogP contribution is 2.48. The molecule has 1 fully saturated rings. The molecule has 4 heterocycles. The second-order valence-corrected chi connectivity index (χ2v) is 9.62. The van der Waals surface area contributed by atoms with E-state index in [2.05, 4.69) is 19.7 Å². The SMILES string of the molecule is CNS(=O)(=O)c1ccc2c(c1)N(c1ncc(-c3cc(C)ccn3)cn1)CC21COC1. The summed E-state index contributed by atoms with van der Waals surface area (Å²) in [6.45, 7) is 3.85. The van der Waals surface area contributed by atoms with E-state index in [9.17, 15) is 8.42 Å². The number of aromatic nitrogens is 3. The van der Waals surface area contributed by atoms with Gasteiger partial charge in [0.2, 0.25) is 16.0 Å². The van der Waals surface area contributed by atoms with Crippen molar-refractivity contribution >= 4 is 21.7 Å². The molecular formula is C21H21N5O3S. The van der Waals surface area contributed by atoms with Crippen molar-refractivity contribution in [3.8, 4) is 11.3 Å². The number of nitrogens with zero attached hydrogens (tertiary/aromatic N) is 4. The zero-order valence-corrected chi connectivity index (χ0v) is 17.5. The van der Waals surface area contributed by atoms with Crippen LogP contribution in [0.25, 0.3) is 11.3 Å². The molecule has 30 heavy (non-hydrogen) atoms. The number of ether oxygens (including phenoxy) is 1. The van der Waals surface area contributed by atoms with Crippen molar-refractivity contribution in [2.75, 3.05) is 31.7 Å². The first kappa shape index (κ1) is 19.1. The van der Waals surface area contributed by atoms with Crippen LogP contribution in [-0.4, -0.2) is 50.2 Å². The van der Waals surface area contributed by atoms with Gasteiger partial charge in [-0.3, -0.25) is 4.98 Å². The van der Waals surface area contributed by atoms with Crippen LogP contribution in [0.2, 0.25) is 0 Å². The molecule has 0 unspecified atom stereocenters. The maximum absolute atomic E-state index is 12.3. The Labute approximate surface area is 175 Å². The number of anilines is 2. The van der Waals surface area contributed by atoms with Crippen molar-refractivity contribution in [2.45, 2.75) is 17.2 Å². The van der Waals surface area contributed by atoms with Gasteiger partial charge in [0.05, 0.1) is 29.2 Å². The largest absolute Gasteiger partial charge is 0.379 e. The van der Waals surface area contributed by atoms with Gasteiger partial charge in [0.1, 0.15) is 0 Å². The predicted molar refractivity (Wildman–Crippen MR) is 112 cm³/mol. The smallest absolute Gasteiger partial charge is 0.240 e. The number of fused-ring (bicyclic) bond motifs is 2. The fourth-order valence-electron chi connectivity index (χ4n) is 4.00. The molecule has 0 atom stereocenters. The third-order valence-corrected chi connectivity index (χ3v) is 7.13. The normalized spacial score (nSPS) is 17.1. The molecule has 8 nitrogen and oxygen atoms in total. The van der Waals surface area contributed by atoms with E-state index >= 15 is 0 Å². The number of benzene rings is 1. The van der Waals surface area contributed by atoms with Crippen LogP contribution >= 0.6 is 0 Å². The number of nitrogens with one attached hydrogen (secondary N) is 1. The van der Waals surface area contributed by atoms with Crippen molar-refractivity contribution < 1.29 is 13.2 Å². The molecule has 2 aliphatic rings. The summed E-state index contributed by atoms with van der Waals surface area (Å²) < 4.78 is 32.5. The molecule has 0 bridgehead atoms. The minimum absolute atomic E-state index is 0.155. The Bertz CT molecular complexity index is 1220. The van der Waals surface area contributed by atoms with Crippen molar-refractivity contribution in [1.29, 1.82) is 0 Å². The Morgan fingerprint density at radius 2 is 1.87 bits per heavy atom. The summed E-state index contributed by atoms with van der Waals surface area (Å²) in [5.74, 6) is 0.524. The maximum atomic E-state index is 12.3. The number of pyridine rings is 1. The quantitative estimate of drug-likeness (QED) is 0.687. The fraction of sp³-hybridized carbons (Fsp3) is 0.286. The molecule has 9 heteroatoms. The first-order valence-electron chi connectivity index (χ1n) is 9.60. The van der Waals surface area contributed by atoms with E-state index in [1.54, 1.807) is 30.7 Å².